The molecule has 7 N–H and O–H groups in total. The van der Waals surface area contributed by atoms with E-state index < -0.39 is 59.6 Å². The molecule has 3 aromatic carbocycles. The van der Waals surface area contributed by atoms with Crippen LogP contribution in [0, 0.1) is 36.4 Å². The number of nitrogens with one attached hydrogen (secondary N) is 4. The quantitative estimate of drug-likeness (QED) is 0.0115. The fourth-order valence-electron chi connectivity index (χ4n) is 11.6. The van der Waals surface area contributed by atoms with Gasteiger partial charge in [0.2, 0.25) is 29.5 Å². The number of benzene rings is 3. The number of thiazole rings is 2. The van der Waals surface area contributed by atoms with Crippen molar-refractivity contribution in [2.45, 2.75) is 104 Å². The average molecular weight is 1370 g/mol. The summed E-state index contributed by atoms with van der Waals surface area (Å²) in [5.41, 5.74) is 10.6. The number of hydrogen-bond donors (Lipinski definition) is 6. The summed E-state index contributed by atoms with van der Waals surface area (Å²) in [7, 11) is 1.93. The second-order valence-electron chi connectivity index (χ2n) is 24.3. The molecular formula is C68H79FN14O12S2. The van der Waals surface area contributed by atoms with Crippen molar-refractivity contribution in [1.82, 2.24) is 50.8 Å². The first-order chi connectivity index (χ1) is 46.8. The Morgan fingerprint density at radius 2 is 1.69 bits per heavy atom. The minimum absolute atomic E-state index is 0.0196. The number of allylic oxidation sites excluding steroid dienone is 1. The third-order valence-electron chi connectivity index (χ3n) is 17.2. The number of rotatable bonds is 29. The van der Waals surface area contributed by atoms with Gasteiger partial charge < -0.3 is 61.0 Å². The number of amides is 8. The number of halogens is 1. The number of aromatic carboxylic acids is 1. The molecular weight excluding hydrogens is 1290 g/mol. The van der Waals surface area contributed by atoms with Gasteiger partial charge in [-0.05, 0) is 112 Å². The van der Waals surface area contributed by atoms with Gasteiger partial charge in [-0.25, -0.2) is 28.7 Å². The number of urea groups is 1. The van der Waals surface area contributed by atoms with E-state index in [9.17, 15) is 43.5 Å². The molecule has 26 nitrogen and oxygen atoms in total. The Kier molecular flexibility index (Phi) is 23.8. The number of imide groups is 1. The predicted molar refractivity (Wildman–Crippen MR) is 362 cm³/mol. The van der Waals surface area contributed by atoms with E-state index in [0.29, 0.717) is 90.6 Å². The molecule has 10 rings (SSSR count). The van der Waals surface area contributed by atoms with Crippen LogP contribution in [0.25, 0.3) is 10.2 Å². The highest BCUT2D eigenvalue weighted by Crippen LogP contribution is 2.41. The minimum Gasteiger partial charge on any atom is -0.491 e. The lowest BCUT2D eigenvalue weighted by Crippen LogP contribution is -2.54. The molecule has 0 radical (unpaired) electrons. The number of piperazine rings is 1. The zero-order valence-corrected chi connectivity index (χ0v) is 56.2. The smallest absolute Gasteiger partial charge is 0.410 e. The van der Waals surface area contributed by atoms with E-state index in [0.717, 1.165) is 57.7 Å². The second kappa shape index (κ2) is 32.9. The van der Waals surface area contributed by atoms with Crippen LogP contribution in [0.5, 0.6) is 5.75 Å². The Hall–Kier alpha value is -9.63. The number of carbonyl (C=O) groups is 8. The van der Waals surface area contributed by atoms with Crippen LogP contribution in [-0.2, 0) is 52.9 Å². The van der Waals surface area contributed by atoms with Crippen molar-refractivity contribution < 1.29 is 62.1 Å². The van der Waals surface area contributed by atoms with E-state index in [-0.39, 0.29) is 94.4 Å². The number of carboxylic acids is 1. The number of ether oxygens (including phenoxy) is 3. The number of aromatic nitrogens is 4. The molecule has 6 aromatic rings. The molecule has 29 heteroatoms. The second-order valence-corrected chi connectivity index (χ2v) is 26.4. The molecule has 2 saturated heterocycles. The van der Waals surface area contributed by atoms with Crippen molar-refractivity contribution >= 4 is 108 Å². The van der Waals surface area contributed by atoms with Crippen molar-refractivity contribution in [3.63, 3.8) is 0 Å². The zero-order valence-electron chi connectivity index (χ0n) is 54.5. The van der Waals surface area contributed by atoms with E-state index >= 15 is 4.39 Å². The van der Waals surface area contributed by atoms with Gasteiger partial charge in [-0.15, -0.1) is 21.5 Å². The summed E-state index contributed by atoms with van der Waals surface area (Å²) in [6, 6.07) is 16.3. The lowest BCUT2D eigenvalue weighted by atomic mass is 9.86. The maximum Gasteiger partial charge on any atom is 0.410 e. The third-order valence-corrected chi connectivity index (χ3v) is 19.4. The van der Waals surface area contributed by atoms with Crippen LogP contribution in [0.4, 0.5) is 41.6 Å². The lowest BCUT2D eigenvalue weighted by molar-refractivity contribution is -0.140. The van der Waals surface area contributed by atoms with E-state index in [2.05, 4.69) is 53.2 Å². The number of carbonyl (C=O) groups excluding carboxylic acids is 7. The first kappa shape index (κ1) is 70.2. The maximum atomic E-state index is 15.3. The van der Waals surface area contributed by atoms with Crippen LogP contribution < -0.4 is 41.5 Å². The number of hydrogen-bond acceptors (Lipinski definition) is 20. The summed E-state index contributed by atoms with van der Waals surface area (Å²) >= 11 is 2.87. The standard InChI is InChI=1S/C68H79FN14O12S2/c1-41(2)57(75-55(84)26-36-93-37-34-82-56(85)39-48(63(82)88)45-13-7-14-45)62(87)73-51(17-8-27-71-65(70)91)61(86)72-46-23-20-44(21-24-46)40-95-68(92)81-32-30-80(31-33-81)28-9-12-43-22-25-52(49(69)38-43)94-35-11-19-54-58(64(89)90)76-67(97-54)83-29-10-15-47-42(3)59(77-78-60(47)83)79(4)66-74-50-16-5-6-18-53(50)96-66/h5-6,13,16,18,20-25,38,41,48,51,57H,7-8,10-11,14-15,17,19,26-37,39-40H2,1-4H3,(H,72,86)(H,73,87)(H,75,84)(H,89,90)(H3,70,71,91)/t48?,51-,57-/m0/s1. The zero-order chi connectivity index (χ0) is 68.7. The molecule has 2 fully saturated rings. The van der Waals surface area contributed by atoms with Gasteiger partial charge in [-0.1, -0.05) is 72.9 Å². The Bertz CT molecular complexity index is 3960. The molecule has 3 aliphatic heterocycles. The van der Waals surface area contributed by atoms with Crippen LogP contribution in [0.2, 0.25) is 0 Å². The number of anilines is 5. The van der Waals surface area contributed by atoms with Gasteiger partial charge >= 0.3 is 18.1 Å². The summed E-state index contributed by atoms with van der Waals surface area (Å²) < 4.78 is 33.4. The molecule has 97 heavy (non-hydrogen) atoms. The van der Waals surface area contributed by atoms with Gasteiger partial charge in [0.15, 0.2) is 39.2 Å². The number of aryl methyl sites for hydroxylation is 1. The van der Waals surface area contributed by atoms with Gasteiger partial charge in [0, 0.05) is 86.4 Å². The summed E-state index contributed by atoms with van der Waals surface area (Å²) in [4.78, 5) is 121. The number of carboxylic acid groups (broad SMARTS) is 1. The number of fused-ring (bicyclic) bond motifs is 2. The summed E-state index contributed by atoms with van der Waals surface area (Å²) in [6.45, 7) is 8.68. The average Bonchev–Trinajstić information content (AvgIpc) is 1.76. The van der Waals surface area contributed by atoms with Crippen LogP contribution in [-0.4, -0.2) is 179 Å². The molecule has 6 heterocycles. The Balaban J connectivity index is 0.625. The molecule has 3 atom stereocenters. The molecule has 3 aromatic heterocycles. The fourth-order valence-corrected chi connectivity index (χ4v) is 13.7. The highest BCUT2D eigenvalue weighted by atomic mass is 32.1. The van der Waals surface area contributed by atoms with Crippen molar-refractivity contribution in [2.24, 2.45) is 17.6 Å². The first-order valence-corrected chi connectivity index (χ1v) is 34.1. The fraction of sp³-hybridized carbons (Fsp3) is 0.441. The Morgan fingerprint density at radius 3 is 2.41 bits per heavy atom. The Labute approximate surface area is 568 Å². The molecule has 0 spiro atoms. The van der Waals surface area contributed by atoms with E-state index in [1.54, 1.807) is 60.4 Å². The number of nitrogens with zero attached hydrogens (tertiary/aromatic N) is 9. The molecule has 4 aliphatic rings. The topological polar surface area (TPSA) is 326 Å². The van der Waals surface area contributed by atoms with Crippen molar-refractivity contribution in [3.05, 3.63) is 117 Å². The largest absolute Gasteiger partial charge is 0.491 e. The van der Waals surface area contributed by atoms with Gasteiger partial charge in [0.1, 0.15) is 18.7 Å². The van der Waals surface area contributed by atoms with E-state index in [1.807, 2.05) is 54.1 Å². The normalized spacial score (nSPS) is 16.0. The molecule has 0 bridgehead atoms. The van der Waals surface area contributed by atoms with Crippen LogP contribution in [0.15, 0.2) is 78.4 Å². The predicted octanol–water partition coefficient (Wildman–Crippen LogP) is 7.37. The van der Waals surface area contributed by atoms with Crippen molar-refractivity contribution in [2.75, 3.05) is 94.3 Å². The summed E-state index contributed by atoms with van der Waals surface area (Å²) in [6.07, 6.45) is 6.02. The molecule has 0 saturated carbocycles. The number of primary amides is 1. The van der Waals surface area contributed by atoms with Gasteiger partial charge in [0.25, 0.3) is 0 Å². The lowest BCUT2D eigenvalue weighted by Gasteiger charge is -2.32. The van der Waals surface area contributed by atoms with Gasteiger partial charge in [0.05, 0.1) is 49.0 Å². The Morgan fingerprint density at radius 1 is 0.907 bits per heavy atom. The number of nitrogens with two attached hydrogens (primary N) is 1. The molecule has 512 valence electrons. The highest BCUT2D eigenvalue weighted by Gasteiger charge is 2.41. The van der Waals surface area contributed by atoms with E-state index in [4.69, 9.17) is 24.9 Å². The molecule has 1 aliphatic carbocycles. The van der Waals surface area contributed by atoms with Crippen LogP contribution >= 0.6 is 22.7 Å². The highest BCUT2D eigenvalue weighted by molar-refractivity contribution is 7.22. The third kappa shape index (κ3) is 18.1. The summed E-state index contributed by atoms with van der Waals surface area (Å²) in [5.74, 6) is 2.91. The number of likely N-dealkylation sites (tertiary alicyclic amines) is 1. The first-order valence-electron chi connectivity index (χ1n) is 32.4. The minimum atomic E-state index is -1.14. The molecule has 8 amide bonds. The van der Waals surface area contributed by atoms with Crippen molar-refractivity contribution in [3.8, 4) is 17.6 Å². The summed E-state index contributed by atoms with van der Waals surface area (Å²) in [5, 5.41) is 31.5. The number of para-hydroxylation sites is 1. The molecule has 1 unspecified atom stereocenters. The van der Waals surface area contributed by atoms with Gasteiger partial charge in [-0.3, -0.25) is 33.8 Å². The maximum absolute atomic E-state index is 15.3. The van der Waals surface area contributed by atoms with Crippen LogP contribution in [0.3, 0.4) is 0 Å². The monoisotopic (exact) mass is 1370 g/mol. The van der Waals surface area contributed by atoms with Crippen LogP contribution in [0.1, 0.15) is 103 Å². The SMILES string of the molecule is Cc1c(N(C)c2nc3ccccc3s2)nnc2c1CCCN2c1nc(C(=O)O)c(CCCOc2ccc(C#CCN3CCN(C(=O)OCc4ccc(NC(=O)[C@H](CCCNC(N)=O)NC(=O)[C@@H](NC(=O)CCOCCN5C(=O)CC(C6=CCC6)C5=O)C(C)C)cc4)CC3)cc2F)s1. The van der Waals surface area contributed by atoms with Crippen molar-refractivity contribution in [1.29, 1.82) is 0 Å². The van der Waals surface area contributed by atoms with Gasteiger partial charge in [-0.2, -0.15) is 0 Å². The van der Waals surface area contributed by atoms with E-state index in [1.165, 1.54) is 28.4 Å².